The van der Waals surface area contributed by atoms with Crippen LogP contribution >= 0.6 is 0 Å². The van der Waals surface area contributed by atoms with Crippen molar-refractivity contribution in [3.8, 4) is 18.2 Å². The van der Waals surface area contributed by atoms with E-state index in [0.29, 0.717) is 16.7 Å². The number of rotatable bonds is 1. The molecule has 0 saturated heterocycles. The molecule has 0 unspecified atom stereocenters. The fraction of sp³-hybridized carbons (Fsp3) is 0.100. The van der Waals surface area contributed by atoms with Gasteiger partial charge in [-0.3, -0.25) is 0 Å². The van der Waals surface area contributed by atoms with E-state index in [0.717, 1.165) is 33.6 Å². The van der Waals surface area contributed by atoms with Crippen LogP contribution in [0.1, 0.15) is 41.7 Å². The van der Waals surface area contributed by atoms with Gasteiger partial charge in [0.15, 0.2) is 0 Å². The summed E-state index contributed by atoms with van der Waals surface area (Å²) in [7, 11) is 0. The number of benzene rings is 4. The predicted octanol–water partition coefficient (Wildman–Crippen LogP) is 4.24. The van der Waals surface area contributed by atoms with Gasteiger partial charge in [0.05, 0.1) is 34.9 Å². The molecule has 4 nitrogen and oxygen atoms in total. The molecule has 0 radical (unpaired) electrons. The van der Waals surface area contributed by atoms with Gasteiger partial charge in [0.25, 0.3) is 0 Å². The standard InChI is InChI=1S/C30H19BN4/c1-30(2)23-5-3-4-6-24(23)31-25-15-20(17-33)9-13-26(25)35(22-11-7-19(16-32)8-12-22)27-14-10-21(18-34)28(30)29(27)31/h3-15H,1-2H3. The van der Waals surface area contributed by atoms with E-state index in [1.54, 1.807) is 0 Å². The summed E-state index contributed by atoms with van der Waals surface area (Å²) in [5.74, 6) is 0. The first kappa shape index (κ1) is 20.8. The topological polar surface area (TPSA) is 74.6 Å². The molecule has 0 fully saturated rings. The normalized spacial score (nSPS) is 14.0. The molecule has 5 heteroatoms. The summed E-state index contributed by atoms with van der Waals surface area (Å²) in [6.45, 7) is 4.29. The summed E-state index contributed by atoms with van der Waals surface area (Å²) in [6.07, 6.45) is 0. The van der Waals surface area contributed by atoms with Crippen LogP contribution in [0.3, 0.4) is 0 Å². The summed E-state index contributed by atoms with van der Waals surface area (Å²) >= 11 is 0. The third kappa shape index (κ3) is 2.78. The van der Waals surface area contributed by atoms with Gasteiger partial charge in [-0.2, -0.15) is 15.8 Å². The Morgan fingerprint density at radius 1 is 0.714 bits per heavy atom. The van der Waals surface area contributed by atoms with Crippen LogP contribution in [0.4, 0.5) is 17.1 Å². The third-order valence-corrected chi connectivity index (χ3v) is 7.41. The maximum Gasteiger partial charge on any atom is 0.247 e. The maximum absolute atomic E-state index is 10.1. The largest absolute Gasteiger partial charge is 0.312 e. The van der Waals surface area contributed by atoms with E-state index in [-0.39, 0.29) is 12.1 Å². The Kier molecular flexibility index (Phi) is 4.37. The van der Waals surface area contributed by atoms with E-state index < -0.39 is 0 Å². The second-order valence-corrected chi connectivity index (χ2v) is 9.56. The predicted molar refractivity (Wildman–Crippen MR) is 138 cm³/mol. The Labute approximate surface area is 205 Å². The van der Waals surface area contributed by atoms with Gasteiger partial charge in [0.2, 0.25) is 6.71 Å². The van der Waals surface area contributed by atoms with Gasteiger partial charge in [-0.1, -0.05) is 43.6 Å². The first-order valence-corrected chi connectivity index (χ1v) is 11.5. The van der Waals surface area contributed by atoms with Crippen LogP contribution in [0.2, 0.25) is 0 Å². The molecule has 0 bridgehead atoms. The summed E-state index contributed by atoms with van der Waals surface area (Å²) in [5, 5.41) is 29.2. The SMILES string of the molecule is CC1(C)c2ccccc2B2c3cc(C#N)ccc3N(c3ccc(C#N)cc3)c3ccc(C#N)c1c32. The van der Waals surface area contributed by atoms with Gasteiger partial charge in [-0.05, 0) is 76.6 Å². The van der Waals surface area contributed by atoms with Gasteiger partial charge in [0, 0.05) is 22.5 Å². The lowest BCUT2D eigenvalue weighted by atomic mass is 9.30. The van der Waals surface area contributed by atoms with Crippen LogP contribution in [0.5, 0.6) is 0 Å². The van der Waals surface area contributed by atoms with Crippen LogP contribution in [0.15, 0.2) is 78.9 Å². The van der Waals surface area contributed by atoms with E-state index in [1.165, 1.54) is 11.0 Å². The molecule has 6 rings (SSSR count). The molecule has 0 amide bonds. The van der Waals surface area contributed by atoms with Gasteiger partial charge in [0.1, 0.15) is 0 Å². The lowest BCUT2D eigenvalue weighted by Crippen LogP contribution is -2.64. The second-order valence-electron chi connectivity index (χ2n) is 9.56. The Balaban J connectivity index is 1.76. The minimum atomic E-state index is -0.371. The van der Waals surface area contributed by atoms with Crippen LogP contribution < -0.4 is 21.3 Å². The van der Waals surface area contributed by atoms with Gasteiger partial charge >= 0.3 is 0 Å². The van der Waals surface area contributed by atoms with Crippen molar-refractivity contribution in [3.63, 3.8) is 0 Å². The molecular weight excluding hydrogens is 427 g/mol. The first-order chi connectivity index (χ1) is 17.0. The van der Waals surface area contributed by atoms with E-state index in [4.69, 9.17) is 0 Å². The summed E-state index contributed by atoms with van der Waals surface area (Å²) in [5.41, 5.74) is 10.0. The van der Waals surface area contributed by atoms with Crippen molar-refractivity contribution in [3.05, 3.63) is 107 Å². The number of hydrogen-bond donors (Lipinski definition) is 0. The zero-order chi connectivity index (χ0) is 24.3. The highest BCUT2D eigenvalue weighted by Gasteiger charge is 2.47. The van der Waals surface area contributed by atoms with Gasteiger partial charge in [-0.25, -0.2) is 0 Å². The molecule has 35 heavy (non-hydrogen) atoms. The molecule has 2 heterocycles. The van der Waals surface area contributed by atoms with Crippen LogP contribution in [-0.4, -0.2) is 6.71 Å². The highest BCUT2D eigenvalue weighted by molar-refractivity contribution is 6.99. The van der Waals surface area contributed by atoms with Crippen molar-refractivity contribution in [2.24, 2.45) is 0 Å². The molecule has 4 aromatic rings. The fourth-order valence-electron chi connectivity index (χ4n) is 5.95. The van der Waals surface area contributed by atoms with E-state index >= 15 is 0 Å². The highest BCUT2D eigenvalue weighted by atomic mass is 15.1. The van der Waals surface area contributed by atoms with Crippen molar-refractivity contribution >= 4 is 40.2 Å². The molecule has 162 valence electrons. The van der Waals surface area contributed by atoms with Gasteiger partial charge in [-0.15, -0.1) is 0 Å². The lowest BCUT2D eigenvalue weighted by Gasteiger charge is -2.45. The molecule has 0 N–H and O–H groups in total. The van der Waals surface area contributed by atoms with E-state index in [2.05, 4.69) is 61.2 Å². The van der Waals surface area contributed by atoms with Crippen LogP contribution in [0.25, 0.3) is 0 Å². The Morgan fingerprint density at radius 2 is 1.40 bits per heavy atom. The monoisotopic (exact) mass is 446 g/mol. The van der Waals surface area contributed by atoms with E-state index in [1.807, 2.05) is 54.6 Å². The van der Waals surface area contributed by atoms with Crippen molar-refractivity contribution in [2.75, 3.05) is 4.90 Å². The number of fused-ring (bicyclic) bond motifs is 4. The molecule has 0 aromatic heterocycles. The Morgan fingerprint density at radius 3 is 2.11 bits per heavy atom. The Hall–Kier alpha value is -4.79. The smallest absolute Gasteiger partial charge is 0.247 e. The van der Waals surface area contributed by atoms with Crippen molar-refractivity contribution in [1.82, 2.24) is 0 Å². The average molecular weight is 446 g/mol. The zero-order valence-electron chi connectivity index (χ0n) is 19.4. The fourth-order valence-corrected chi connectivity index (χ4v) is 5.95. The van der Waals surface area contributed by atoms with Gasteiger partial charge < -0.3 is 4.90 Å². The van der Waals surface area contributed by atoms with E-state index in [9.17, 15) is 15.8 Å². The number of hydrogen-bond acceptors (Lipinski definition) is 4. The molecule has 2 aliphatic rings. The minimum Gasteiger partial charge on any atom is -0.312 e. The zero-order valence-corrected chi connectivity index (χ0v) is 19.4. The number of nitriles is 3. The molecule has 0 aliphatic carbocycles. The minimum absolute atomic E-state index is 0.0875. The van der Waals surface area contributed by atoms with Crippen LogP contribution in [0, 0.1) is 34.0 Å². The van der Waals surface area contributed by atoms with Crippen molar-refractivity contribution < 1.29 is 0 Å². The summed E-state index contributed by atoms with van der Waals surface area (Å²) in [4.78, 5) is 2.19. The molecule has 4 aromatic carbocycles. The first-order valence-electron chi connectivity index (χ1n) is 11.5. The second kappa shape index (κ2) is 7.36. The van der Waals surface area contributed by atoms with Crippen molar-refractivity contribution in [1.29, 1.82) is 15.8 Å². The summed E-state index contributed by atoms with van der Waals surface area (Å²) < 4.78 is 0. The van der Waals surface area contributed by atoms with Crippen molar-refractivity contribution in [2.45, 2.75) is 19.3 Å². The molecule has 0 spiro atoms. The maximum atomic E-state index is 10.1. The highest BCUT2D eigenvalue weighted by Crippen LogP contribution is 2.43. The number of nitrogens with zero attached hydrogens (tertiary/aromatic N) is 4. The average Bonchev–Trinajstić information content (AvgIpc) is 2.90. The molecule has 2 aliphatic heterocycles. The molecular formula is C30H19BN4. The lowest BCUT2D eigenvalue weighted by molar-refractivity contribution is 0.644. The molecule has 0 atom stereocenters. The third-order valence-electron chi connectivity index (χ3n) is 7.41. The molecule has 0 saturated carbocycles. The number of anilines is 3. The quantitative estimate of drug-likeness (QED) is 0.361. The van der Waals surface area contributed by atoms with Crippen LogP contribution in [-0.2, 0) is 5.41 Å². The Bertz CT molecular complexity index is 1660. The summed E-state index contributed by atoms with van der Waals surface area (Å²) in [6, 6.07) is 32.7.